The van der Waals surface area contributed by atoms with E-state index < -0.39 is 0 Å². The number of ketones is 1. The fourth-order valence-corrected chi connectivity index (χ4v) is 10.8. The Morgan fingerprint density at radius 2 is 1.86 bits per heavy atom. The first-order chi connectivity index (χ1) is 16.8. The topological polar surface area (TPSA) is 58.7 Å². The molecule has 1 spiro atoms. The van der Waals surface area contributed by atoms with Gasteiger partial charge in [0, 0.05) is 17.7 Å². The van der Waals surface area contributed by atoms with Crippen molar-refractivity contribution in [3.63, 3.8) is 0 Å². The van der Waals surface area contributed by atoms with E-state index in [-0.39, 0.29) is 11.3 Å². The second kappa shape index (κ2) is 7.69. The van der Waals surface area contributed by atoms with E-state index in [1.807, 2.05) is 10.9 Å². The second-order valence-electron chi connectivity index (χ2n) is 14.3. The van der Waals surface area contributed by atoms with Crippen LogP contribution in [0.25, 0.3) is 0 Å². The van der Waals surface area contributed by atoms with Gasteiger partial charge in [-0.25, -0.2) is 0 Å². The van der Waals surface area contributed by atoms with Gasteiger partial charge in [-0.2, -0.15) is 10.4 Å². The maximum atomic E-state index is 14.0. The van der Waals surface area contributed by atoms with Crippen molar-refractivity contribution < 1.29 is 4.79 Å². The van der Waals surface area contributed by atoms with Crippen molar-refractivity contribution in [2.75, 3.05) is 0 Å². The maximum absolute atomic E-state index is 14.0. The lowest BCUT2D eigenvalue weighted by Gasteiger charge is -2.57. The van der Waals surface area contributed by atoms with Gasteiger partial charge in [-0.3, -0.25) is 9.48 Å². The lowest BCUT2D eigenvalue weighted by molar-refractivity contribution is -0.132. The third-order valence-corrected chi connectivity index (χ3v) is 12.6. The van der Waals surface area contributed by atoms with E-state index in [1.54, 1.807) is 0 Å². The van der Waals surface area contributed by atoms with Crippen LogP contribution in [0.1, 0.15) is 109 Å². The van der Waals surface area contributed by atoms with Gasteiger partial charge in [0.2, 0.25) is 0 Å². The Hall–Kier alpha value is -1.63. The van der Waals surface area contributed by atoms with Gasteiger partial charge >= 0.3 is 0 Å². The summed E-state index contributed by atoms with van der Waals surface area (Å²) in [4.78, 5) is 14.0. The first kappa shape index (κ1) is 22.6. The van der Waals surface area contributed by atoms with E-state index in [2.05, 4.69) is 31.9 Å². The van der Waals surface area contributed by atoms with Crippen LogP contribution >= 0.6 is 0 Å². The Labute approximate surface area is 211 Å². The summed E-state index contributed by atoms with van der Waals surface area (Å²) >= 11 is 0. The maximum Gasteiger partial charge on any atom is 0.165 e. The van der Waals surface area contributed by atoms with E-state index in [4.69, 9.17) is 0 Å². The fraction of sp³-hybridized carbons (Fsp3) is 0.839. The zero-order chi connectivity index (χ0) is 24.1. The fourth-order valence-electron chi connectivity index (χ4n) is 10.8. The summed E-state index contributed by atoms with van der Waals surface area (Å²) in [6.45, 7) is 7.82. The molecule has 35 heavy (non-hydrogen) atoms. The van der Waals surface area contributed by atoms with Crippen LogP contribution in [-0.2, 0) is 11.3 Å². The molecule has 4 nitrogen and oxygen atoms in total. The van der Waals surface area contributed by atoms with Crippen LogP contribution in [0.15, 0.2) is 6.20 Å². The predicted octanol–water partition coefficient (Wildman–Crippen LogP) is 6.74. The smallest absolute Gasteiger partial charge is 0.165 e. The standard InChI is InChI=1S/C31H43N3O/c1-18-4-8-22-21(12-18)7-9-24-23(22)10-11-30(3)26(14-31(29(24)30)13-19(31)2)28(35)17-34-16-25(20-5-6-20)27(15-32)33-34/h16,18-24,26,29H,4-14,17H2,1-3H3/t18-,19?,21+,22-,23+,24+,26+,29-,30+,31?/m0/s1. The van der Waals surface area contributed by atoms with Crippen molar-refractivity contribution in [2.24, 2.45) is 58.2 Å². The van der Waals surface area contributed by atoms with Crippen molar-refractivity contribution in [1.29, 1.82) is 5.26 Å². The van der Waals surface area contributed by atoms with Crippen molar-refractivity contribution in [3.8, 4) is 6.07 Å². The highest BCUT2D eigenvalue weighted by Crippen LogP contribution is 2.78. The molecule has 2 unspecified atom stereocenters. The Kier molecular flexibility index (Phi) is 4.96. The second-order valence-corrected chi connectivity index (χ2v) is 14.3. The molecule has 1 aromatic heterocycles. The van der Waals surface area contributed by atoms with E-state index >= 15 is 0 Å². The summed E-state index contributed by atoms with van der Waals surface area (Å²) < 4.78 is 1.81. The minimum atomic E-state index is 0.155. The molecule has 0 amide bonds. The summed E-state index contributed by atoms with van der Waals surface area (Å²) in [6, 6.07) is 2.27. The third kappa shape index (κ3) is 3.28. The molecule has 6 saturated carbocycles. The molecular formula is C31H43N3O. The lowest BCUT2D eigenvalue weighted by Crippen LogP contribution is -2.51. The predicted molar refractivity (Wildman–Crippen MR) is 135 cm³/mol. The molecule has 6 aliphatic carbocycles. The van der Waals surface area contributed by atoms with E-state index in [9.17, 15) is 10.1 Å². The van der Waals surface area contributed by atoms with Crippen LogP contribution in [0.2, 0.25) is 0 Å². The number of hydrogen-bond acceptors (Lipinski definition) is 3. The minimum absolute atomic E-state index is 0.155. The highest BCUT2D eigenvalue weighted by molar-refractivity contribution is 5.82. The minimum Gasteiger partial charge on any atom is -0.297 e. The summed E-state index contributed by atoms with van der Waals surface area (Å²) in [5.41, 5.74) is 2.20. The molecular weight excluding hydrogens is 430 g/mol. The quantitative estimate of drug-likeness (QED) is 0.486. The van der Waals surface area contributed by atoms with E-state index in [0.29, 0.717) is 29.4 Å². The molecule has 6 aliphatic rings. The Bertz CT molecular complexity index is 1080. The molecule has 0 N–H and O–H groups in total. The summed E-state index contributed by atoms with van der Waals surface area (Å²) in [7, 11) is 0. The number of nitriles is 1. The highest BCUT2D eigenvalue weighted by atomic mass is 16.1. The van der Waals surface area contributed by atoms with Crippen LogP contribution in [0, 0.1) is 69.5 Å². The first-order valence-electron chi connectivity index (χ1n) is 14.8. The number of Topliss-reactive ketones (excluding diaryl/α,β-unsaturated/α-hetero) is 1. The van der Waals surface area contributed by atoms with Crippen molar-refractivity contribution >= 4 is 5.78 Å². The average molecular weight is 474 g/mol. The molecule has 7 rings (SSSR count). The average Bonchev–Trinajstić information content (AvgIpc) is 3.72. The van der Waals surface area contributed by atoms with Gasteiger partial charge in [0.1, 0.15) is 6.07 Å². The first-order valence-corrected chi connectivity index (χ1v) is 14.8. The Morgan fingerprint density at radius 3 is 2.57 bits per heavy atom. The van der Waals surface area contributed by atoms with Gasteiger partial charge in [-0.05, 0) is 122 Å². The SMILES string of the molecule is CC1CC12C[C@H](C(=O)Cn1cc(C3CC3)c(C#N)n1)[C@@]1(C)CC[C@H]3[C@@H](CC[C@@H]4C[C@@H](C)CC[C@@H]43)[C@H]21. The van der Waals surface area contributed by atoms with Crippen molar-refractivity contribution in [3.05, 3.63) is 17.5 Å². The monoisotopic (exact) mass is 473 g/mol. The van der Waals surface area contributed by atoms with Gasteiger partial charge in [0.25, 0.3) is 0 Å². The molecule has 0 aromatic carbocycles. The van der Waals surface area contributed by atoms with Crippen LogP contribution in [0.5, 0.6) is 0 Å². The Morgan fingerprint density at radius 1 is 1.09 bits per heavy atom. The zero-order valence-electron chi connectivity index (χ0n) is 22.0. The number of hydrogen-bond donors (Lipinski definition) is 0. The zero-order valence-corrected chi connectivity index (χ0v) is 22.0. The number of aromatic nitrogens is 2. The lowest BCUT2D eigenvalue weighted by atomic mass is 9.48. The molecule has 1 heterocycles. The Balaban J connectivity index is 1.16. The van der Waals surface area contributed by atoms with Crippen molar-refractivity contribution in [2.45, 2.75) is 104 Å². The van der Waals surface area contributed by atoms with Crippen LogP contribution in [0.3, 0.4) is 0 Å². The molecule has 0 saturated heterocycles. The van der Waals surface area contributed by atoms with Gasteiger partial charge in [0.05, 0.1) is 6.54 Å². The van der Waals surface area contributed by atoms with Crippen LogP contribution in [-0.4, -0.2) is 15.6 Å². The number of carbonyl (C=O) groups excluding carboxylic acids is 1. The molecule has 4 heteroatoms. The van der Waals surface area contributed by atoms with E-state index in [1.165, 1.54) is 51.4 Å². The summed E-state index contributed by atoms with van der Waals surface area (Å²) in [6.07, 6.45) is 16.6. The van der Waals surface area contributed by atoms with Gasteiger partial charge in [0.15, 0.2) is 11.5 Å². The molecule has 0 bridgehead atoms. The van der Waals surface area contributed by atoms with Crippen LogP contribution in [0.4, 0.5) is 0 Å². The molecule has 10 atom stereocenters. The third-order valence-electron chi connectivity index (χ3n) is 12.6. The van der Waals surface area contributed by atoms with Gasteiger partial charge in [-0.1, -0.05) is 27.2 Å². The van der Waals surface area contributed by atoms with Gasteiger partial charge < -0.3 is 0 Å². The molecule has 0 aliphatic heterocycles. The summed E-state index contributed by atoms with van der Waals surface area (Å²) in [5.74, 6) is 7.21. The van der Waals surface area contributed by atoms with Crippen LogP contribution < -0.4 is 0 Å². The van der Waals surface area contributed by atoms with E-state index in [0.717, 1.165) is 66.3 Å². The number of rotatable bonds is 4. The number of carbonyl (C=O) groups is 1. The van der Waals surface area contributed by atoms with Gasteiger partial charge in [-0.15, -0.1) is 0 Å². The molecule has 188 valence electrons. The number of nitrogens with zero attached hydrogens (tertiary/aromatic N) is 3. The normalized spacial score (nSPS) is 48.1. The molecule has 0 radical (unpaired) electrons. The summed E-state index contributed by atoms with van der Waals surface area (Å²) in [5, 5.41) is 14.1. The molecule has 1 aromatic rings. The highest BCUT2D eigenvalue weighted by Gasteiger charge is 2.73. The largest absolute Gasteiger partial charge is 0.297 e. The number of fused-ring (bicyclic) bond motifs is 6. The molecule has 6 fully saturated rings. The van der Waals surface area contributed by atoms with Crippen molar-refractivity contribution in [1.82, 2.24) is 9.78 Å².